The Balaban J connectivity index is 0.000000194. The van der Waals surface area contributed by atoms with Crippen LogP contribution in [0.15, 0.2) is 79.1 Å². The van der Waals surface area contributed by atoms with E-state index in [0.717, 1.165) is 16.3 Å². The Bertz CT molecular complexity index is 1660. The smallest absolute Gasteiger partial charge is 0.252 e. The van der Waals surface area contributed by atoms with Crippen LogP contribution in [0, 0.1) is 0 Å². The van der Waals surface area contributed by atoms with Crippen LogP contribution >= 0.6 is 58.0 Å². The van der Waals surface area contributed by atoms with Crippen molar-refractivity contribution in [3.63, 3.8) is 0 Å². The summed E-state index contributed by atoms with van der Waals surface area (Å²) in [6.45, 7) is 1.94. The highest BCUT2D eigenvalue weighted by atomic mass is 35.5. The van der Waals surface area contributed by atoms with E-state index < -0.39 is 5.24 Å². The summed E-state index contributed by atoms with van der Waals surface area (Å²) >= 11 is 29.4. The first kappa shape index (κ1) is 28.1. The molecule has 0 spiro atoms. The van der Waals surface area contributed by atoms with Gasteiger partial charge in [0.05, 0.1) is 16.1 Å². The van der Waals surface area contributed by atoms with Crippen molar-refractivity contribution in [3.8, 4) is 0 Å². The molecule has 1 N–H and O–H groups in total. The molecule has 0 saturated carbocycles. The highest BCUT2D eigenvalue weighted by Gasteiger charge is 2.14. The lowest BCUT2D eigenvalue weighted by Gasteiger charge is -2.14. The number of hydrogen-bond donors (Lipinski definition) is 1. The number of carbonyl (C=O) groups is 2. The van der Waals surface area contributed by atoms with Gasteiger partial charge >= 0.3 is 0 Å². The van der Waals surface area contributed by atoms with Crippen molar-refractivity contribution in [2.75, 3.05) is 0 Å². The molecule has 0 radical (unpaired) electrons. The van der Waals surface area contributed by atoms with Gasteiger partial charge in [0, 0.05) is 45.1 Å². The minimum absolute atomic E-state index is 0.0904. The third-order valence-corrected chi connectivity index (χ3v) is 7.14. The SMILES string of the molecule is CC(NC(=O)c1ccc2c(Cl)cnc(Cl)c2c1)c1ccccc1.O=C(Cl)c1ccc2c(Cl)cnc(Cl)c2c1. The van der Waals surface area contributed by atoms with Gasteiger partial charge in [0.15, 0.2) is 0 Å². The fourth-order valence-corrected chi connectivity index (χ4v) is 4.67. The van der Waals surface area contributed by atoms with Crippen LogP contribution in [0.4, 0.5) is 0 Å². The largest absolute Gasteiger partial charge is 0.346 e. The molecule has 10 heteroatoms. The van der Waals surface area contributed by atoms with E-state index in [1.54, 1.807) is 36.4 Å². The summed E-state index contributed by atoms with van der Waals surface area (Å²) in [4.78, 5) is 31.3. The summed E-state index contributed by atoms with van der Waals surface area (Å²) in [5, 5.41) is 6.88. The average Bonchev–Trinajstić information content (AvgIpc) is 2.93. The molecule has 0 aliphatic carbocycles. The molecule has 5 rings (SSSR count). The Hall–Kier alpha value is -2.93. The molecule has 0 aliphatic heterocycles. The number of benzene rings is 3. The van der Waals surface area contributed by atoms with Crippen LogP contribution in [-0.4, -0.2) is 21.1 Å². The van der Waals surface area contributed by atoms with Gasteiger partial charge < -0.3 is 5.32 Å². The number of fused-ring (bicyclic) bond motifs is 2. The van der Waals surface area contributed by atoms with Crippen LogP contribution in [0.25, 0.3) is 21.5 Å². The monoisotopic (exact) mass is 603 g/mol. The molecule has 0 aliphatic rings. The summed E-state index contributed by atoms with van der Waals surface area (Å²) in [6.07, 6.45) is 2.97. The summed E-state index contributed by atoms with van der Waals surface area (Å²) in [6, 6.07) is 19.8. The number of rotatable bonds is 4. The molecule has 2 heterocycles. The Morgan fingerprint density at radius 3 is 1.74 bits per heavy atom. The Kier molecular flexibility index (Phi) is 9.08. The summed E-state index contributed by atoms with van der Waals surface area (Å²) in [7, 11) is 0. The molecular weight excluding hydrogens is 588 g/mol. The van der Waals surface area contributed by atoms with Gasteiger partial charge in [-0.3, -0.25) is 9.59 Å². The number of nitrogens with zero attached hydrogens (tertiary/aromatic N) is 2. The molecule has 1 amide bonds. The van der Waals surface area contributed by atoms with Gasteiger partial charge in [0.2, 0.25) is 0 Å². The zero-order chi connectivity index (χ0) is 27.4. The van der Waals surface area contributed by atoms with E-state index in [2.05, 4.69) is 15.3 Å². The molecule has 0 fully saturated rings. The Labute approximate surface area is 243 Å². The highest BCUT2D eigenvalue weighted by Crippen LogP contribution is 2.30. The van der Waals surface area contributed by atoms with Gasteiger partial charge in [-0.2, -0.15) is 0 Å². The second-order valence-corrected chi connectivity index (χ2v) is 10.1. The number of carbonyl (C=O) groups excluding carboxylic acids is 2. The molecule has 1 unspecified atom stereocenters. The highest BCUT2D eigenvalue weighted by molar-refractivity contribution is 6.67. The van der Waals surface area contributed by atoms with Gasteiger partial charge in [-0.05, 0) is 48.4 Å². The number of pyridine rings is 2. The van der Waals surface area contributed by atoms with E-state index in [9.17, 15) is 9.59 Å². The normalized spacial score (nSPS) is 11.5. The number of amides is 1. The van der Waals surface area contributed by atoms with E-state index >= 15 is 0 Å². The van der Waals surface area contributed by atoms with Crippen molar-refractivity contribution >= 4 is 90.7 Å². The van der Waals surface area contributed by atoms with Crippen LogP contribution in [0.5, 0.6) is 0 Å². The van der Waals surface area contributed by atoms with Crippen molar-refractivity contribution in [2.45, 2.75) is 13.0 Å². The van der Waals surface area contributed by atoms with Crippen molar-refractivity contribution in [1.82, 2.24) is 15.3 Å². The second kappa shape index (κ2) is 12.3. The molecule has 2 aromatic heterocycles. The fraction of sp³-hybridized carbons (Fsp3) is 0.0714. The maximum Gasteiger partial charge on any atom is 0.252 e. The van der Waals surface area contributed by atoms with Crippen molar-refractivity contribution < 1.29 is 9.59 Å². The quantitative estimate of drug-likeness (QED) is 0.164. The van der Waals surface area contributed by atoms with E-state index in [1.807, 2.05) is 37.3 Å². The molecule has 192 valence electrons. The van der Waals surface area contributed by atoms with Crippen molar-refractivity contribution in [2.24, 2.45) is 0 Å². The van der Waals surface area contributed by atoms with Crippen LogP contribution in [0.2, 0.25) is 20.4 Å². The first-order chi connectivity index (χ1) is 18.2. The predicted molar refractivity (Wildman–Crippen MR) is 156 cm³/mol. The van der Waals surface area contributed by atoms with E-state index in [-0.39, 0.29) is 11.9 Å². The first-order valence-corrected chi connectivity index (χ1v) is 13.1. The van der Waals surface area contributed by atoms with Crippen molar-refractivity contribution in [1.29, 1.82) is 0 Å². The molecule has 0 bridgehead atoms. The van der Waals surface area contributed by atoms with E-state index in [4.69, 9.17) is 58.0 Å². The van der Waals surface area contributed by atoms with Gasteiger partial charge in [-0.15, -0.1) is 0 Å². The number of hydrogen-bond acceptors (Lipinski definition) is 4. The molecule has 5 aromatic rings. The zero-order valence-electron chi connectivity index (χ0n) is 19.7. The summed E-state index contributed by atoms with van der Waals surface area (Å²) in [5.74, 6) is -0.167. The lowest BCUT2D eigenvalue weighted by Crippen LogP contribution is -2.26. The topological polar surface area (TPSA) is 72.0 Å². The standard InChI is InChI=1S/C18H14Cl2N2O.C10H4Cl3NO/c1-11(12-5-3-2-4-6-12)22-18(23)13-7-8-14-15(9-13)17(20)21-10-16(14)19;11-8-4-14-9(12)7-3-5(10(13)15)1-2-6(7)8/h2-11H,1H3,(H,22,23);1-4H. The number of nitrogens with one attached hydrogen (secondary N) is 1. The fourth-order valence-electron chi connectivity index (χ4n) is 3.72. The maximum absolute atomic E-state index is 12.5. The lowest BCUT2D eigenvalue weighted by molar-refractivity contribution is 0.0939. The van der Waals surface area contributed by atoms with Crippen LogP contribution in [0.3, 0.4) is 0 Å². The van der Waals surface area contributed by atoms with E-state index in [0.29, 0.717) is 42.3 Å². The van der Waals surface area contributed by atoms with E-state index in [1.165, 1.54) is 12.4 Å². The minimum atomic E-state index is -0.534. The minimum Gasteiger partial charge on any atom is -0.346 e. The Morgan fingerprint density at radius 1 is 0.711 bits per heavy atom. The van der Waals surface area contributed by atoms with Gasteiger partial charge in [-0.25, -0.2) is 9.97 Å². The van der Waals surface area contributed by atoms with Gasteiger partial charge in [-0.1, -0.05) is 88.9 Å². The van der Waals surface area contributed by atoms with Crippen LogP contribution < -0.4 is 5.32 Å². The molecule has 38 heavy (non-hydrogen) atoms. The average molecular weight is 606 g/mol. The molecule has 0 saturated heterocycles. The third kappa shape index (κ3) is 6.37. The Morgan fingerprint density at radius 2 is 1.21 bits per heavy atom. The number of aromatic nitrogens is 2. The molecular formula is C28H18Cl5N3O2. The first-order valence-electron chi connectivity index (χ1n) is 11.2. The van der Waals surface area contributed by atoms with Gasteiger partial charge in [0.1, 0.15) is 10.3 Å². The van der Waals surface area contributed by atoms with Crippen LogP contribution in [0.1, 0.15) is 39.2 Å². The second-order valence-electron chi connectivity index (χ2n) is 8.19. The summed E-state index contributed by atoms with van der Waals surface area (Å²) < 4.78 is 0. The maximum atomic E-state index is 12.5. The van der Waals surface area contributed by atoms with Crippen LogP contribution in [-0.2, 0) is 0 Å². The van der Waals surface area contributed by atoms with Gasteiger partial charge in [0.25, 0.3) is 11.1 Å². The predicted octanol–water partition coefficient (Wildman–Crippen LogP) is 8.95. The lowest BCUT2D eigenvalue weighted by atomic mass is 10.1. The number of halogens is 5. The van der Waals surface area contributed by atoms with Crippen molar-refractivity contribution in [3.05, 3.63) is 116 Å². The zero-order valence-corrected chi connectivity index (χ0v) is 23.5. The third-order valence-electron chi connectivity index (χ3n) is 5.72. The molecule has 1 atom stereocenters. The summed E-state index contributed by atoms with van der Waals surface area (Å²) in [5.41, 5.74) is 1.94. The molecule has 3 aromatic carbocycles. The molecule has 5 nitrogen and oxygen atoms in total.